The van der Waals surface area contributed by atoms with Gasteiger partial charge in [-0.25, -0.2) is 0 Å². The number of likely N-dealkylation sites (tertiary alicyclic amines) is 1. The number of ketones is 1. The highest BCUT2D eigenvalue weighted by molar-refractivity contribution is 6.46. The molecule has 2 aromatic rings. The molecule has 1 N–H and O–H groups in total. The predicted octanol–water partition coefficient (Wildman–Crippen LogP) is 5.31. The van der Waals surface area contributed by atoms with Crippen molar-refractivity contribution in [1.82, 2.24) is 4.90 Å². The Balaban J connectivity index is 1.85. The summed E-state index contributed by atoms with van der Waals surface area (Å²) in [5, 5.41) is 11.2. The number of hydrogen-bond acceptors (Lipinski definition) is 3. The van der Waals surface area contributed by atoms with E-state index in [1.54, 1.807) is 4.90 Å². The summed E-state index contributed by atoms with van der Waals surface area (Å²) >= 11 is 0. The van der Waals surface area contributed by atoms with E-state index in [2.05, 4.69) is 6.92 Å². The van der Waals surface area contributed by atoms with Gasteiger partial charge in [0.1, 0.15) is 5.76 Å². The van der Waals surface area contributed by atoms with Crippen molar-refractivity contribution < 1.29 is 14.7 Å². The maximum atomic E-state index is 13.2. The van der Waals surface area contributed by atoms with Crippen molar-refractivity contribution in [1.29, 1.82) is 0 Å². The third-order valence-electron chi connectivity index (χ3n) is 6.44. The molecule has 0 aromatic heterocycles. The number of amides is 1. The lowest BCUT2D eigenvalue weighted by molar-refractivity contribution is -0.141. The molecule has 0 spiro atoms. The van der Waals surface area contributed by atoms with Gasteiger partial charge in [-0.3, -0.25) is 9.59 Å². The molecule has 1 aliphatic heterocycles. The molecule has 1 saturated heterocycles. The number of aliphatic hydroxyl groups is 1. The molecule has 30 heavy (non-hydrogen) atoms. The average molecular weight is 404 g/mol. The van der Waals surface area contributed by atoms with Gasteiger partial charge in [0.25, 0.3) is 11.7 Å². The van der Waals surface area contributed by atoms with Gasteiger partial charge in [0.2, 0.25) is 0 Å². The van der Waals surface area contributed by atoms with Crippen LogP contribution in [0.4, 0.5) is 0 Å². The van der Waals surface area contributed by atoms with Crippen LogP contribution in [0.2, 0.25) is 0 Å². The zero-order valence-corrected chi connectivity index (χ0v) is 17.7. The number of carbonyl (C=O) groups is 2. The molecule has 1 unspecified atom stereocenters. The Morgan fingerprint density at radius 2 is 1.73 bits per heavy atom. The molecular formula is C26H29NO3. The van der Waals surface area contributed by atoms with Crippen LogP contribution in [-0.4, -0.2) is 27.7 Å². The fourth-order valence-corrected chi connectivity index (χ4v) is 4.81. The summed E-state index contributed by atoms with van der Waals surface area (Å²) < 4.78 is 0. The Morgan fingerprint density at radius 3 is 2.37 bits per heavy atom. The van der Waals surface area contributed by atoms with E-state index in [0.717, 1.165) is 48.8 Å². The molecule has 4 heteroatoms. The van der Waals surface area contributed by atoms with Crippen molar-refractivity contribution in [3.63, 3.8) is 0 Å². The lowest BCUT2D eigenvalue weighted by atomic mass is 9.90. The summed E-state index contributed by atoms with van der Waals surface area (Å²) in [7, 11) is 0. The summed E-state index contributed by atoms with van der Waals surface area (Å²) in [5.74, 6) is -1.15. The number of nitrogens with zero attached hydrogens (tertiary/aromatic N) is 1. The van der Waals surface area contributed by atoms with Crippen molar-refractivity contribution in [2.24, 2.45) is 0 Å². The quantitative estimate of drug-likeness (QED) is 0.427. The number of hydrogen-bond donors (Lipinski definition) is 1. The third-order valence-corrected chi connectivity index (χ3v) is 6.44. The fraction of sp³-hybridized carbons (Fsp3) is 0.385. The summed E-state index contributed by atoms with van der Waals surface area (Å²) in [5.41, 5.74) is 3.89. The molecule has 156 valence electrons. The second-order valence-electron chi connectivity index (χ2n) is 8.46. The Hall–Kier alpha value is -2.88. The number of benzene rings is 2. The van der Waals surface area contributed by atoms with Gasteiger partial charge in [-0.05, 0) is 37.3 Å². The number of Topliss-reactive ketones (excluding diaryl/α,β-unsaturated/α-hetero) is 1. The molecule has 0 radical (unpaired) electrons. The van der Waals surface area contributed by atoms with Crippen molar-refractivity contribution >= 4 is 17.4 Å². The smallest absolute Gasteiger partial charge is 0.295 e. The highest BCUT2D eigenvalue weighted by atomic mass is 16.3. The molecule has 0 bridgehead atoms. The molecular weight excluding hydrogens is 374 g/mol. The number of aryl methyl sites for hydroxylation is 2. The first kappa shape index (κ1) is 20.4. The van der Waals surface area contributed by atoms with Crippen molar-refractivity contribution in [2.75, 3.05) is 0 Å². The number of rotatable bonds is 4. The van der Waals surface area contributed by atoms with Crippen LogP contribution in [-0.2, 0) is 16.0 Å². The van der Waals surface area contributed by atoms with Crippen molar-refractivity contribution in [3.05, 3.63) is 76.4 Å². The Kier molecular flexibility index (Phi) is 5.76. The van der Waals surface area contributed by atoms with Crippen LogP contribution in [0.15, 0.2) is 54.1 Å². The first-order valence-electron chi connectivity index (χ1n) is 11.0. The SMILES string of the molecule is CCc1ccc(/C(O)=C2/C(=O)C(=O)N(C3CCCCC3)C2c2cccc(C)c2)cc1. The van der Waals surface area contributed by atoms with E-state index in [1.807, 2.05) is 55.5 Å². The van der Waals surface area contributed by atoms with Crippen LogP contribution in [0.3, 0.4) is 0 Å². The van der Waals surface area contributed by atoms with E-state index in [4.69, 9.17) is 0 Å². The van der Waals surface area contributed by atoms with E-state index in [9.17, 15) is 14.7 Å². The van der Waals surface area contributed by atoms with Crippen molar-refractivity contribution in [3.8, 4) is 0 Å². The average Bonchev–Trinajstić information content (AvgIpc) is 3.04. The number of aliphatic hydroxyl groups excluding tert-OH is 1. The second-order valence-corrected chi connectivity index (χ2v) is 8.46. The maximum absolute atomic E-state index is 13.2. The van der Waals surface area contributed by atoms with Gasteiger partial charge < -0.3 is 10.0 Å². The van der Waals surface area contributed by atoms with Gasteiger partial charge in [-0.15, -0.1) is 0 Å². The molecule has 1 saturated carbocycles. The molecule has 1 aliphatic carbocycles. The normalized spacial score (nSPS) is 21.9. The van der Waals surface area contributed by atoms with Crippen LogP contribution < -0.4 is 0 Å². The molecule has 4 nitrogen and oxygen atoms in total. The highest BCUT2D eigenvalue weighted by Crippen LogP contribution is 2.43. The minimum atomic E-state index is -0.579. The summed E-state index contributed by atoms with van der Waals surface area (Å²) in [6.45, 7) is 4.07. The van der Waals surface area contributed by atoms with E-state index in [0.29, 0.717) is 5.56 Å². The molecule has 2 fully saturated rings. The first-order chi connectivity index (χ1) is 14.5. The topological polar surface area (TPSA) is 57.6 Å². The minimum absolute atomic E-state index is 0.0356. The molecule has 2 aliphatic rings. The monoisotopic (exact) mass is 403 g/mol. The first-order valence-corrected chi connectivity index (χ1v) is 11.0. The zero-order chi connectivity index (χ0) is 21.3. The van der Waals surface area contributed by atoms with Gasteiger partial charge in [-0.1, -0.05) is 80.3 Å². The van der Waals surface area contributed by atoms with E-state index < -0.39 is 17.7 Å². The van der Waals surface area contributed by atoms with Crippen LogP contribution in [0.25, 0.3) is 5.76 Å². The van der Waals surface area contributed by atoms with E-state index in [1.165, 1.54) is 6.42 Å². The third kappa shape index (κ3) is 3.67. The molecule has 2 aromatic carbocycles. The minimum Gasteiger partial charge on any atom is -0.507 e. The fourth-order valence-electron chi connectivity index (χ4n) is 4.81. The van der Waals surface area contributed by atoms with Gasteiger partial charge >= 0.3 is 0 Å². The Morgan fingerprint density at radius 1 is 1.03 bits per heavy atom. The zero-order valence-electron chi connectivity index (χ0n) is 17.7. The summed E-state index contributed by atoms with van der Waals surface area (Å²) in [6, 6.07) is 15.0. The largest absolute Gasteiger partial charge is 0.507 e. The van der Waals surface area contributed by atoms with Gasteiger partial charge in [0.05, 0.1) is 11.6 Å². The lowest BCUT2D eigenvalue weighted by Crippen LogP contribution is -2.40. The van der Waals surface area contributed by atoms with Gasteiger partial charge in [-0.2, -0.15) is 0 Å². The molecule has 1 heterocycles. The number of carbonyl (C=O) groups excluding carboxylic acids is 2. The van der Waals surface area contributed by atoms with Crippen LogP contribution >= 0.6 is 0 Å². The van der Waals surface area contributed by atoms with E-state index >= 15 is 0 Å². The maximum Gasteiger partial charge on any atom is 0.295 e. The lowest BCUT2D eigenvalue weighted by Gasteiger charge is -2.35. The van der Waals surface area contributed by atoms with E-state index in [-0.39, 0.29) is 17.4 Å². The van der Waals surface area contributed by atoms with Gasteiger partial charge in [0, 0.05) is 11.6 Å². The predicted molar refractivity (Wildman–Crippen MR) is 118 cm³/mol. The summed E-state index contributed by atoms with van der Waals surface area (Å²) in [4.78, 5) is 28.1. The Labute approximate surface area is 178 Å². The van der Waals surface area contributed by atoms with Gasteiger partial charge in [0.15, 0.2) is 0 Å². The molecule has 4 rings (SSSR count). The van der Waals surface area contributed by atoms with Crippen molar-refractivity contribution in [2.45, 2.75) is 64.5 Å². The van der Waals surface area contributed by atoms with Crippen LogP contribution in [0.1, 0.15) is 67.3 Å². The van der Waals surface area contributed by atoms with Crippen LogP contribution in [0.5, 0.6) is 0 Å². The Bertz CT molecular complexity index is 984. The summed E-state index contributed by atoms with van der Waals surface area (Å²) in [6.07, 6.45) is 6.00. The standard InChI is InChI=1S/C26H29NO3/c1-3-18-12-14-19(15-13-18)24(28)22-23(20-9-7-8-17(2)16-20)27(26(30)25(22)29)21-10-5-4-6-11-21/h7-9,12-16,21,23,28H,3-6,10-11H2,1-2H3/b24-22-. The highest BCUT2D eigenvalue weighted by Gasteiger charge is 2.48. The molecule has 1 atom stereocenters. The molecule has 1 amide bonds. The van der Waals surface area contributed by atoms with Crippen LogP contribution in [0, 0.1) is 6.92 Å². The second kappa shape index (κ2) is 8.47.